The zero-order chi connectivity index (χ0) is 15.1. The van der Waals surface area contributed by atoms with Gasteiger partial charge >= 0.3 is 0 Å². The van der Waals surface area contributed by atoms with Crippen molar-refractivity contribution in [2.45, 2.75) is 32.9 Å². The number of ether oxygens (including phenoxy) is 1. The van der Waals surface area contributed by atoms with Crippen molar-refractivity contribution < 1.29 is 9.53 Å². The van der Waals surface area contributed by atoms with Gasteiger partial charge in [-0.25, -0.2) is 0 Å². The molecule has 0 fully saturated rings. The van der Waals surface area contributed by atoms with Gasteiger partial charge in [0.15, 0.2) is 0 Å². The molecule has 0 aliphatic carbocycles. The zero-order valence-electron chi connectivity index (χ0n) is 12.5. The Balaban J connectivity index is 2.33. The molecular weight excluding hydrogens is 276 g/mol. The Morgan fingerprint density at radius 1 is 1.30 bits per heavy atom. The highest BCUT2D eigenvalue weighted by Gasteiger charge is 2.18. The minimum atomic E-state index is -0.175. The van der Waals surface area contributed by atoms with Gasteiger partial charge in [-0.1, -0.05) is 11.6 Å². The fourth-order valence-corrected chi connectivity index (χ4v) is 1.76. The van der Waals surface area contributed by atoms with E-state index in [1.807, 2.05) is 44.9 Å². The van der Waals surface area contributed by atoms with Crippen LogP contribution < -0.4 is 10.1 Å². The highest BCUT2D eigenvalue weighted by atomic mass is 35.5. The first-order chi connectivity index (χ1) is 9.40. The summed E-state index contributed by atoms with van der Waals surface area (Å²) >= 11 is 5.81. The molecule has 0 spiro atoms. The smallest absolute Gasteiger partial charge is 0.237 e. The fraction of sp³-hybridized carbons (Fsp3) is 0.533. The molecule has 112 valence electrons. The van der Waals surface area contributed by atoms with Crippen molar-refractivity contribution in [1.29, 1.82) is 0 Å². The second-order valence-corrected chi connectivity index (χ2v) is 5.56. The molecule has 0 saturated heterocycles. The van der Waals surface area contributed by atoms with Gasteiger partial charge in [0, 0.05) is 17.6 Å². The predicted octanol–water partition coefficient (Wildman–Crippen LogP) is 2.56. The maximum atomic E-state index is 11.9. The molecule has 0 heterocycles. The van der Waals surface area contributed by atoms with Crippen molar-refractivity contribution in [3.05, 3.63) is 29.3 Å². The summed E-state index contributed by atoms with van der Waals surface area (Å²) in [7, 11) is 1.91. The van der Waals surface area contributed by atoms with Gasteiger partial charge in [0.05, 0.1) is 6.04 Å². The molecule has 0 aromatic heterocycles. The summed E-state index contributed by atoms with van der Waals surface area (Å²) in [5.41, 5.74) is 0. The third-order valence-electron chi connectivity index (χ3n) is 3.00. The summed E-state index contributed by atoms with van der Waals surface area (Å²) < 4.78 is 5.61. The van der Waals surface area contributed by atoms with Crippen molar-refractivity contribution in [1.82, 2.24) is 10.2 Å². The van der Waals surface area contributed by atoms with Crippen LogP contribution in [0, 0.1) is 0 Å². The molecule has 1 atom stereocenters. The number of nitrogens with one attached hydrogen (secondary N) is 1. The average Bonchev–Trinajstić information content (AvgIpc) is 2.39. The summed E-state index contributed by atoms with van der Waals surface area (Å²) in [6.45, 7) is 7.00. The molecule has 1 aromatic carbocycles. The van der Waals surface area contributed by atoms with Crippen LogP contribution in [0.25, 0.3) is 0 Å². The number of carbonyl (C=O) groups excluding carboxylic acids is 1. The lowest BCUT2D eigenvalue weighted by molar-refractivity contribution is -0.126. The van der Waals surface area contributed by atoms with E-state index < -0.39 is 0 Å². The van der Waals surface area contributed by atoms with Crippen LogP contribution in [-0.4, -0.2) is 43.1 Å². The quantitative estimate of drug-likeness (QED) is 0.841. The van der Waals surface area contributed by atoms with Gasteiger partial charge < -0.3 is 10.1 Å². The van der Waals surface area contributed by atoms with E-state index in [0.29, 0.717) is 18.2 Å². The summed E-state index contributed by atoms with van der Waals surface area (Å²) in [5.74, 6) is 0.816. The van der Waals surface area contributed by atoms with Crippen molar-refractivity contribution in [2.75, 3.05) is 20.2 Å². The molecule has 20 heavy (non-hydrogen) atoms. The average molecular weight is 299 g/mol. The molecule has 1 unspecified atom stereocenters. The molecule has 0 bridgehead atoms. The molecule has 1 amide bonds. The lowest BCUT2D eigenvalue weighted by Gasteiger charge is -2.24. The van der Waals surface area contributed by atoms with E-state index in [1.165, 1.54) is 0 Å². The predicted molar refractivity (Wildman–Crippen MR) is 82.3 cm³/mol. The number of hydrogen-bond donors (Lipinski definition) is 1. The first kappa shape index (κ1) is 16.8. The van der Waals surface area contributed by atoms with Crippen LogP contribution in [0.3, 0.4) is 0 Å². The van der Waals surface area contributed by atoms with Gasteiger partial charge in [-0.15, -0.1) is 0 Å². The van der Waals surface area contributed by atoms with Gasteiger partial charge in [-0.3, -0.25) is 9.69 Å². The van der Waals surface area contributed by atoms with Crippen LogP contribution in [0.2, 0.25) is 5.02 Å². The molecule has 1 aromatic rings. The van der Waals surface area contributed by atoms with Crippen LogP contribution in [0.4, 0.5) is 0 Å². The Morgan fingerprint density at radius 3 is 2.45 bits per heavy atom. The lowest BCUT2D eigenvalue weighted by Crippen LogP contribution is -2.46. The number of benzene rings is 1. The minimum Gasteiger partial charge on any atom is -0.492 e. The largest absolute Gasteiger partial charge is 0.492 e. The van der Waals surface area contributed by atoms with Crippen LogP contribution in [0.15, 0.2) is 24.3 Å². The van der Waals surface area contributed by atoms with E-state index in [-0.39, 0.29) is 18.0 Å². The third-order valence-corrected chi connectivity index (χ3v) is 3.25. The van der Waals surface area contributed by atoms with Crippen molar-refractivity contribution in [2.24, 2.45) is 0 Å². The number of likely N-dealkylation sites (N-methyl/N-ethyl adjacent to an activating group) is 1. The van der Waals surface area contributed by atoms with E-state index >= 15 is 0 Å². The van der Waals surface area contributed by atoms with Crippen LogP contribution in [0.5, 0.6) is 5.75 Å². The standard InChI is InChI=1S/C15H23ClN2O2/c1-11(2)17-15(19)12(3)18(4)9-10-20-14-7-5-13(16)6-8-14/h5-8,11-12H,9-10H2,1-4H3,(H,17,19). The second kappa shape index (κ2) is 8.12. The highest BCUT2D eigenvalue weighted by Crippen LogP contribution is 2.15. The number of hydrogen-bond acceptors (Lipinski definition) is 3. The van der Waals surface area contributed by atoms with E-state index in [0.717, 1.165) is 5.75 Å². The summed E-state index contributed by atoms with van der Waals surface area (Å²) in [6, 6.07) is 7.22. The molecule has 5 heteroatoms. The Hall–Kier alpha value is -1.26. The van der Waals surface area contributed by atoms with E-state index in [4.69, 9.17) is 16.3 Å². The summed E-state index contributed by atoms with van der Waals surface area (Å²) in [6.07, 6.45) is 0. The highest BCUT2D eigenvalue weighted by molar-refractivity contribution is 6.30. The van der Waals surface area contributed by atoms with E-state index in [1.54, 1.807) is 12.1 Å². The van der Waals surface area contributed by atoms with Crippen LogP contribution in [-0.2, 0) is 4.79 Å². The van der Waals surface area contributed by atoms with Crippen molar-refractivity contribution in [3.63, 3.8) is 0 Å². The first-order valence-electron chi connectivity index (χ1n) is 6.79. The topological polar surface area (TPSA) is 41.6 Å². The summed E-state index contributed by atoms with van der Waals surface area (Å²) in [5, 5.41) is 3.59. The van der Waals surface area contributed by atoms with Gasteiger partial charge in [0.1, 0.15) is 12.4 Å². The number of amides is 1. The molecule has 1 rings (SSSR count). The number of carbonyl (C=O) groups is 1. The SMILES string of the molecule is CC(C)NC(=O)C(C)N(C)CCOc1ccc(Cl)cc1. The Kier molecular flexibility index (Phi) is 6.82. The number of nitrogens with zero attached hydrogens (tertiary/aromatic N) is 1. The zero-order valence-corrected chi connectivity index (χ0v) is 13.3. The normalized spacial score (nSPS) is 12.6. The maximum Gasteiger partial charge on any atom is 0.237 e. The minimum absolute atomic E-state index is 0.0361. The monoisotopic (exact) mass is 298 g/mol. The maximum absolute atomic E-state index is 11.9. The molecule has 0 aliphatic rings. The Labute approximate surface area is 126 Å². The second-order valence-electron chi connectivity index (χ2n) is 5.12. The van der Waals surface area contributed by atoms with Crippen molar-refractivity contribution >= 4 is 17.5 Å². The van der Waals surface area contributed by atoms with E-state index in [9.17, 15) is 4.79 Å². The molecule has 0 radical (unpaired) electrons. The Morgan fingerprint density at radius 2 is 1.90 bits per heavy atom. The van der Waals surface area contributed by atoms with Gasteiger partial charge in [0.2, 0.25) is 5.91 Å². The van der Waals surface area contributed by atoms with Gasteiger partial charge in [0.25, 0.3) is 0 Å². The molecular formula is C15H23ClN2O2. The first-order valence-corrected chi connectivity index (χ1v) is 7.17. The molecule has 4 nitrogen and oxygen atoms in total. The number of halogens is 1. The van der Waals surface area contributed by atoms with Gasteiger partial charge in [-0.05, 0) is 52.1 Å². The summed E-state index contributed by atoms with van der Waals surface area (Å²) in [4.78, 5) is 13.8. The molecule has 0 saturated carbocycles. The number of rotatable bonds is 7. The van der Waals surface area contributed by atoms with Crippen LogP contribution in [0.1, 0.15) is 20.8 Å². The van der Waals surface area contributed by atoms with Crippen LogP contribution >= 0.6 is 11.6 Å². The molecule has 0 aliphatic heterocycles. The molecule has 1 N–H and O–H groups in total. The fourth-order valence-electron chi connectivity index (χ4n) is 1.64. The van der Waals surface area contributed by atoms with E-state index in [2.05, 4.69) is 5.32 Å². The lowest BCUT2D eigenvalue weighted by atomic mass is 10.2. The third kappa shape index (κ3) is 5.80. The Bertz CT molecular complexity index is 420. The van der Waals surface area contributed by atoms with Crippen molar-refractivity contribution in [3.8, 4) is 5.75 Å². The van der Waals surface area contributed by atoms with Gasteiger partial charge in [-0.2, -0.15) is 0 Å².